The minimum atomic E-state index is -0.544. The number of pyridine rings is 1. The number of amides is 1. The zero-order valence-corrected chi connectivity index (χ0v) is 12.2. The molecule has 7 nitrogen and oxygen atoms in total. The third-order valence-electron chi connectivity index (χ3n) is 3.28. The van der Waals surface area contributed by atoms with Crippen molar-refractivity contribution < 1.29 is 9.90 Å². The molecule has 1 aromatic carbocycles. The minimum Gasteiger partial charge on any atom is -0.506 e. The van der Waals surface area contributed by atoms with Crippen LogP contribution in [0.25, 0.3) is 0 Å². The van der Waals surface area contributed by atoms with Crippen LogP contribution in [0.1, 0.15) is 5.69 Å². The van der Waals surface area contributed by atoms with Gasteiger partial charge >= 0.3 is 0 Å². The van der Waals surface area contributed by atoms with Crippen molar-refractivity contribution in [2.24, 2.45) is 10.7 Å². The number of carbonyl (C=O) groups is 1. The summed E-state index contributed by atoms with van der Waals surface area (Å²) in [4.78, 5) is 19.8. The first kappa shape index (κ1) is 14.6. The number of nitrogens with two attached hydrogens (primary N) is 1. The zero-order valence-electron chi connectivity index (χ0n) is 12.2. The first-order valence-electron chi connectivity index (χ1n) is 6.95. The highest BCUT2D eigenvalue weighted by Gasteiger charge is 2.24. The fourth-order valence-corrected chi connectivity index (χ4v) is 2.16. The highest BCUT2D eigenvalue weighted by Crippen LogP contribution is 2.20. The second-order valence-electron chi connectivity index (χ2n) is 4.91. The topological polar surface area (TPSA) is 104 Å². The van der Waals surface area contributed by atoms with E-state index in [0.29, 0.717) is 17.1 Å². The lowest BCUT2D eigenvalue weighted by Crippen LogP contribution is -2.42. The molecule has 0 spiro atoms. The average molecular weight is 309 g/mol. The van der Waals surface area contributed by atoms with Gasteiger partial charge in [-0.25, -0.2) is 9.98 Å². The van der Waals surface area contributed by atoms with Gasteiger partial charge in [0.15, 0.2) is 5.84 Å². The Balaban J connectivity index is 1.98. The summed E-state index contributed by atoms with van der Waals surface area (Å²) in [7, 11) is 0. The van der Waals surface area contributed by atoms with E-state index in [2.05, 4.69) is 15.4 Å². The summed E-state index contributed by atoms with van der Waals surface area (Å²) in [5.74, 6) is -0.142. The first-order chi connectivity index (χ1) is 11.1. The van der Waals surface area contributed by atoms with E-state index in [0.717, 1.165) is 5.69 Å². The molecule has 0 saturated heterocycles. The van der Waals surface area contributed by atoms with Crippen LogP contribution in [0.15, 0.2) is 65.4 Å². The molecule has 116 valence electrons. The number of nitrogens with one attached hydrogen (secondary N) is 1. The molecule has 1 aliphatic heterocycles. The Kier molecular flexibility index (Phi) is 3.92. The molecule has 4 N–H and O–H groups in total. The molecule has 0 aliphatic carbocycles. The molecule has 2 heterocycles. The van der Waals surface area contributed by atoms with E-state index in [1.54, 1.807) is 17.3 Å². The summed E-state index contributed by atoms with van der Waals surface area (Å²) in [6.45, 7) is 0.207. The van der Waals surface area contributed by atoms with Crippen LogP contribution in [0.2, 0.25) is 0 Å². The number of rotatable bonds is 4. The Morgan fingerprint density at radius 2 is 2.00 bits per heavy atom. The van der Waals surface area contributed by atoms with Gasteiger partial charge in [-0.05, 0) is 24.3 Å². The van der Waals surface area contributed by atoms with Gasteiger partial charge in [0.2, 0.25) is 5.91 Å². The van der Waals surface area contributed by atoms with E-state index < -0.39 is 5.91 Å². The van der Waals surface area contributed by atoms with Crippen molar-refractivity contribution in [3.8, 4) is 5.75 Å². The fourth-order valence-electron chi connectivity index (χ4n) is 2.16. The summed E-state index contributed by atoms with van der Waals surface area (Å²) < 4.78 is 0. The van der Waals surface area contributed by atoms with E-state index in [1.807, 2.05) is 30.3 Å². The monoisotopic (exact) mass is 309 g/mol. The highest BCUT2D eigenvalue weighted by molar-refractivity contribution is 6.03. The number of hydrogen-bond donors (Lipinski definition) is 3. The maximum absolute atomic E-state index is 11.4. The van der Waals surface area contributed by atoms with Crippen molar-refractivity contribution >= 4 is 17.4 Å². The molecule has 1 aromatic heterocycles. The normalized spacial score (nSPS) is 14.0. The number of carbonyl (C=O) groups excluding carboxylic acids is 1. The van der Waals surface area contributed by atoms with Gasteiger partial charge in [0.25, 0.3) is 0 Å². The Morgan fingerprint density at radius 1 is 1.22 bits per heavy atom. The van der Waals surface area contributed by atoms with Gasteiger partial charge < -0.3 is 10.8 Å². The van der Waals surface area contributed by atoms with Gasteiger partial charge in [0.1, 0.15) is 11.4 Å². The number of aromatic nitrogens is 1. The van der Waals surface area contributed by atoms with Crippen molar-refractivity contribution in [2.75, 3.05) is 12.0 Å². The van der Waals surface area contributed by atoms with Crippen LogP contribution in [0.5, 0.6) is 5.75 Å². The number of nitrogens with zero attached hydrogens (tertiary/aromatic N) is 3. The highest BCUT2D eigenvalue weighted by atomic mass is 16.3. The number of aromatic hydroxyl groups is 1. The molecule has 0 fully saturated rings. The van der Waals surface area contributed by atoms with Crippen LogP contribution in [-0.4, -0.2) is 33.4 Å². The van der Waals surface area contributed by atoms with E-state index in [-0.39, 0.29) is 12.3 Å². The van der Waals surface area contributed by atoms with Crippen LogP contribution in [0.4, 0.5) is 5.69 Å². The Morgan fingerprint density at radius 3 is 2.70 bits per heavy atom. The number of benzene rings is 1. The van der Waals surface area contributed by atoms with Crippen LogP contribution in [-0.2, 0) is 4.79 Å². The summed E-state index contributed by atoms with van der Waals surface area (Å²) >= 11 is 0. The van der Waals surface area contributed by atoms with Crippen molar-refractivity contribution in [1.29, 1.82) is 0 Å². The Bertz CT molecular complexity index is 786. The first-order valence-corrected chi connectivity index (χ1v) is 6.95. The van der Waals surface area contributed by atoms with Crippen molar-refractivity contribution in [2.45, 2.75) is 0 Å². The Hall–Kier alpha value is -3.35. The predicted molar refractivity (Wildman–Crippen MR) is 86.5 cm³/mol. The maximum atomic E-state index is 11.4. The molecule has 1 amide bonds. The molecule has 3 rings (SSSR count). The number of amidine groups is 1. The van der Waals surface area contributed by atoms with Gasteiger partial charge in [-0.3, -0.25) is 15.2 Å². The quantitative estimate of drug-likeness (QED) is 0.788. The van der Waals surface area contributed by atoms with E-state index >= 15 is 0 Å². The molecule has 7 heteroatoms. The molecule has 23 heavy (non-hydrogen) atoms. The van der Waals surface area contributed by atoms with Crippen LogP contribution < -0.4 is 11.2 Å². The molecule has 0 atom stereocenters. The van der Waals surface area contributed by atoms with Gasteiger partial charge in [-0.15, -0.1) is 0 Å². The molecule has 0 unspecified atom stereocenters. The number of primary amides is 1. The number of aliphatic imine (C=N–C) groups is 1. The summed E-state index contributed by atoms with van der Waals surface area (Å²) in [6, 6.07) is 12.6. The molecule has 0 bridgehead atoms. The fraction of sp³-hybridized carbons (Fsp3) is 0.0625. The van der Waals surface area contributed by atoms with Crippen LogP contribution >= 0.6 is 0 Å². The molecule has 2 aromatic rings. The largest absolute Gasteiger partial charge is 0.506 e. The van der Waals surface area contributed by atoms with Crippen molar-refractivity contribution in [3.05, 3.63) is 66.1 Å². The summed E-state index contributed by atoms with van der Waals surface area (Å²) in [5, 5.41) is 11.6. The van der Waals surface area contributed by atoms with Crippen molar-refractivity contribution in [1.82, 2.24) is 9.99 Å². The van der Waals surface area contributed by atoms with Gasteiger partial charge in [0, 0.05) is 12.4 Å². The summed E-state index contributed by atoms with van der Waals surface area (Å²) in [6.07, 6.45) is 2.96. The summed E-state index contributed by atoms with van der Waals surface area (Å²) in [5.41, 5.74) is 9.96. The van der Waals surface area contributed by atoms with Gasteiger partial charge in [0.05, 0.1) is 17.8 Å². The number of hydrazine groups is 1. The van der Waals surface area contributed by atoms with E-state index in [4.69, 9.17) is 5.73 Å². The lowest BCUT2D eigenvalue weighted by Gasteiger charge is -2.29. The molecular formula is C16H15N5O2. The van der Waals surface area contributed by atoms with Crippen LogP contribution in [0.3, 0.4) is 0 Å². The smallest absolute Gasteiger partial charge is 0.248 e. The lowest BCUT2D eigenvalue weighted by atomic mass is 10.2. The Labute approximate surface area is 132 Å². The maximum Gasteiger partial charge on any atom is 0.248 e. The van der Waals surface area contributed by atoms with Gasteiger partial charge in [-0.2, -0.15) is 0 Å². The van der Waals surface area contributed by atoms with Crippen molar-refractivity contribution in [3.63, 3.8) is 0 Å². The second-order valence-corrected chi connectivity index (χ2v) is 4.91. The molecule has 1 aliphatic rings. The number of para-hydroxylation sites is 1. The van der Waals surface area contributed by atoms with Gasteiger partial charge in [-0.1, -0.05) is 18.2 Å². The average Bonchev–Trinajstić information content (AvgIpc) is 2.56. The minimum absolute atomic E-state index is 0.00189. The van der Waals surface area contributed by atoms with E-state index in [1.165, 1.54) is 12.3 Å². The predicted octanol–water partition coefficient (Wildman–Crippen LogP) is 1.25. The third-order valence-corrected chi connectivity index (χ3v) is 3.28. The molecular weight excluding hydrogens is 294 g/mol. The van der Waals surface area contributed by atoms with E-state index in [9.17, 15) is 9.90 Å². The standard InChI is InChI=1S/C16H15N5O2/c17-15(23)11-9-19-16(14-13(22)7-4-8-18-14)21(10-11)20-12-5-2-1-3-6-12/h1-9,20,22H,10H2,(H2,17,23). The lowest BCUT2D eigenvalue weighted by molar-refractivity contribution is -0.114. The second kappa shape index (κ2) is 6.18. The number of hydrogen-bond acceptors (Lipinski definition) is 6. The number of anilines is 1. The SMILES string of the molecule is NC(=O)C1=CN=C(c2ncccc2O)N(Nc2ccccc2)C1. The third kappa shape index (κ3) is 3.13. The molecule has 0 radical (unpaired) electrons. The molecule has 0 saturated carbocycles. The van der Waals surface area contributed by atoms with Crippen LogP contribution in [0, 0.1) is 0 Å². The zero-order chi connectivity index (χ0) is 16.2.